The molecule has 1 amide bonds. The fourth-order valence-corrected chi connectivity index (χ4v) is 2.12. The van der Waals surface area contributed by atoms with E-state index in [4.69, 9.17) is 16.3 Å². The Morgan fingerprint density at radius 1 is 1.52 bits per heavy atom. The average Bonchev–Trinajstić information content (AvgIpc) is 2.58. The van der Waals surface area contributed by atoms with Crippen LogP contribution in [0.5, 0.6) is 5.75 Å². The van der Waals surface area contributed by atoms with Crippen molar-refractivity contribution in [3.63, 3.8) is 0 Å². The van der Waals surface area contributed by atoms with Crippen LogP contribution in [-0.4, -0.2) is 37.9 Å². The minimum absolute atomic E-state index is 0.0722. The van der Waals surface area contributed by atoms with Crippen LogP contribution >= 0.6 is 11.6 Å². The van der Waals surface area contributed by atoms with Gasteiger partial charge in [0.2, 0.25) is 5.91 Å². The number of nitrogens with one attached hydrogen (secondary N) is 1. The molecule has 0 saturated carbocycles. The number of fused-ring (bicyclic) bond motifs is 1. The maximum Gasteiger partial charge on any atom is 0.278 e. The highest BCUT2D eigenvalue weighted by Gasteiger charge is 2.28. The van der Waals surface area contributed by atoms with E-state index in [0.29, 0.717) is 23.7 Å². The molecule has 1 aromatic rings. The van der Waals surface area contributed by atoms with Crippen LogP contribution in [-0.2, 0) is 4.79 Å². The number of carbonyl (C=O) groups is 1. The predicted molar refractivity (Wildman–Crippen MR) is 78.7 cm³/mol. The summed E-state index contributed by atoms with van der Waals surface area (Å²) in [5.41, 5.74) is 1.04. The number of benzene rings is 1. The molecule has 0 saturated heterocycles. The largest absolute Gasteiger partial charge is 0.491 e. The Kier molecular flexibility index (Phi) is 4.56. The number of halogens is 3. The quantitative estimate of drug-likeness (QED) is 0.868. The average molecular weight is 319 g/mol. The van der Waals surface area contributed by atoms with E-state index in [2.05, 4.69) is 5.32 Å². The minimum Gasteiger partial charge on any atom is -0.491 e. The predicted octanol–water partition coefficient (Wildman–Crippen LogP) is 2.96. The molecule has 0 unspecified atom stereocenters. The minimum atomic E-state index is -2.99. The summed E-state index contributed by atoms with van der Waals surface area (Å²) in [6.07, 6.45) is 0. The van der Waals surface area contributed by atoms with Crippen LogP contribution in [0, 0.1) is 5.92 Å². The van der Waals surface area contributed by atoms with E-state index in [9.17, 15) is 13.6 Å². The van der Waals surface area contributed by atoms with E-state index in [1.807, 2.05) is 0 Å². The summed E-state index contributed by atoms with van der Waals surface area (Å²) in [7, 11) is 1.64. The topological polar surface area (TPSA) is 41.6 Å². The van der Waals surface area contributed by atoms with Crippen molar-refractivity contribution in [2.24, 2.45) is 5.92 Å². The fraction of sp³-hybridized carbons (Fsp3) is 0.500. The second-order valence-corrected chi connectivity index (χ2v) is 5.40. The number of anilines is 2. The molecule has 1 aliphatic rings. The lowest BCUT2D eigenvalue weighted by atomic mass is 10.1. The molecule has 1 aromatic carbocycles. The van der Waals surface area contributed by atoms with Gasteiger partial charge in [0, 0.05) is 12.7 Å². The number of ether oxygens (including phenoxy) is 1. The van der Waals surface area contributed by atoms with Crippen molar-refractivity contribution in [1.29, 1.82) is 0 Å². The molecule has 1 aliphatic heterocycles. The van der Waals surface area contributed by atoms with Crippen LogP contribution in [0.15, 0.2) is 18.2 Å². The number of nitrogens with zero attached hydrogens (tertiary/aromatic N) is 1. The molecule has 4 nitrogen and oxygen atoms in total. The first-order chi connectivity index (χ1) is 9.84. The molecular formula is C14H17ClF2N2O2. The van der Waals surface area contributed by atoms with Crippen molar-refractivity contribution in [1.82, 2.24) is 0 Å². The zero-order valence-corrected chi connectivity index (χ0v) is 12.6. The van der Waals surface area contributed by atoms with Crippen molar-refractivity contribution in [2.75, 3.05) is 36.3 Å². The van der Waals surface area contributed by atoms with Gasteiger partial charge in [0.1, 0.15) is 5.75 Å². The molecule has 21 heavy (non-hydrogen) atoms. The van der Waals surface area contributed by atoms with Gasteiger partial charge in [-0.2, -0.15) is 0 Å². The lowest BCUT2D eigenvalue weighted by molar-refractivity contribution is -0.122. The zero-order chi connectivity index (χ0) is 15.6. The van der Waals surface area contributed by atoms with Gasteiger partial charge in [-0.15, -0.1) is 11.6 Å². The molecule has 0 spiro atoms. The van der Waals surface area contributed by atoms with Gasteiger partial charge in [-0.25, -0.2) is 8.78 Å². The van der Waals surface area contributed by atoms with Gasteiger partial charge in [-0.1, -0.05) is 6.92 Å². The summed E-state index contributed by atoms with van der Waals surface area (Å²) in [6, 6.07) is 4.92. The monoisotopic (exact) mass is 318 g/mol. The van der Waals surface area contributed by atoms with E-state index in [-0.39, 0.29) is 11.8 Å². The van der Waals surface area contributed by atoms with E-state index in [1.165, 1.54) is 4.90 Å². The Bertz CT molecular complexity index is 540. The van der Waals surface area contributed by atoms with Gasteiger partial charge >= 0.3 is 0 Å². The van der Waals surface area contributed by atoms with E-state index in [0.717, 1.165) is 0 Å². The first-order valence-corrected chi connectivity index (χ1v) is 7.09. The summed E-state index contributed by atoms with van der Waals surface area (Å²) in [5.74, 6) is -3.49. The molecular weight excluding hydrogens is 302 g/mol. The van der Waals surface area contributed by atoms with E-state index < -0.39 is 18.3 Å². The third-order valence-corrected chi connectivity index (χ3v) is 3.70. The van der Waals surface area contributed by atoms with Crippen LogP contribution < -0.4 is 15.0 Å². The SMILES string of the molecule is C[C@H]1COc2ccc(NCC(F)(F)CCl)cc2N(C)C1=O. The molecule has 116 valence electrons. The first-order valence-electron chi connectivity index (χ1n) is 6.56. The smallest absolute Gasteiger partial charge is 0.278 e. The standard InChI is InChI=1S/C14H17ClF2N2O2/c1-9-6-21-12-4-3-10(18-8-14(16,17)7-15)5-11(12)19(2)13(9)20/h3-5,9,18H,6-8H2,1-2H3/t9-/m0/s1. The van der Waals surface area contributed by atoms with Crippen molar-refractivity contribution in [3.05, 3.63) is 18.2 Å². The summed E-state index contributed by atoms with van der Waals surface area (Å²) in [4.78, 5) is 13.6. The van der Waals surface area contributed by atoms with Crippen LogP contribution in [0.3, 0.4) is 0 Å². The van der Waals surface area contributed by atoms with Gasteiger partial charge in [-0.05, 0) is 18.2 Å². The zero-order valence-electron chi connectivity index (χ0n) is 11.8. The molecule has 1 N–H and O–H groups in total. The Balaban J connectivity index is 2.20. The van der Waals surface area contributed by atoms with E-state index >= 15 is 0 Å². The molecule has 0 aliphatic carbocycles. The van der Waals surface area contributed by atoms with Gasteiger partial charge in [0.05, 0.1) is 30.6 Å². The molecule has 0 fully saturated rings. The van der Waals surface area contributed by atoms with Gasteiger partial charge in [0.15, 0.2) is 0 Å². The van der Waals surface area contributed by atoms with Crippen LogP contribution in [0.2, 0.25) is 0 Å². The highest BCUT2D eigenvalue weighted by atomic mass is 35.5. The lowest BCUT2D eigenvalue weighted by Crippen LogP contribution is -2.32. The van der Waals surface area contributed by atoms with Crippen molar-refractivity contribution in [2.45, 2.75) is 12.8 Å². The summed E-state index contributed by atoms with van der Waals surface area (Å²) >= 11 is 5.19. The highest BCUT2D eigenvalue weighted by molar-refractivity contribution is 6.18. The third-order valence-electron chi connectivity index (χ3n) is 3.31. The Labute approximate surface area is 127 Å². The molecule has 0 radical (unpaired) electrons. The highest BCUT2D eigenvalue weighted by Crippen LogP contribution is 2.34. The van der Waals surface area contributed by atoms with Crippen LogP contribution in [0.4, 0.5) is 20.2 Å². The van der Waals surface area contributed by atoms with Crippen LogP contribution in [0.25, 0.3) is 0 Å². The number of hydrogen-bond acceptors (Lipinski definition) is 3. The fourth-order valence-electron chi connectivity index (χ4n) is 2.03. The molecule has 1 heterocycles. The molecule has 1 atom stereocenters. The second-order valence-electron chi connectivity index (χ2n) is 5.13. The normalized spacial score (nSPS) is 18.8. The van der Waals surface area contributed by atoms with Crippen molar-refractivity contribution < 1.29 is 18.3 Å². The Morgan fingerprint density at radius 2 is 2.24 bits per heavy atom. The van der Waals surface area contributed by atoms with Crippen molar-refractivity contribution >= 4 is 28.9 Å². The number of rotatable bonds is 4. The second kappa shape index (κ2) is 6.05. The first kappa shape index (κ1) is 15.8. The lowest BCUT2D eigenvalue weighted by Gasteiger charge is -2.20. The molecule has 0 aromatic heterocycles. The Hall–Kier alpha value is -1.56. The number of hydrogen-bond donors (Lipinski definition) is 1. The summed E-state index contributed by atoms with van der Waals surface area (Å²) in [5, 5.41) is 2.63. The molecule has 7 heteroatoms. The summed E-state index contributed by atoms with van der Waals surface area (Å²) < 4.78 is 31.9. The van der Waals surface area contributed by atoms with Gasteiger partial charge < -0.3 is 15.0 Å². The van der Waals surface area contributed by atoms with Crippen LogP contribution in [0.1, 0.15) is 6.92 Å². The van der Waals surface area contributed by atoms with Crippen molar-refractivity contribution in [3.8, 4) is 5.75 Å². The molecule has 0 bridgehead atoms. The Morgan fingerprint density at radius 3 is 2.90 bits per heavy atom. The number of amides is 1. The van der Waals surface area contributed by atoms with Gasteiger partial charge in [0.25, 0.3) is 5.92 Å². The summed E-state index contributed by atoms with van der Waals surface area (Å²) in [6.45, 7) is 1.52. The maximum absolute atomic E-state index is 13.1. The third kappa shape index (κ3) is 3.56. The maximum atomic E-state index is 13.1. The number of alkyl halides is 3. The van der Waals surface area contributed by atoms with Gasteiger partial charge in [-0.3, -0.25) is 4.79 Å². The van der Waals surface area contributed by atoms with E-state index in [1.54, 1.807) is 32.2 Å². The molecule has 2 rings (SSSR count). The number of carbonyl (C=O) groups excluding carboxylic acids is 1.